The van der Waals surface area contributed by atoms with Gasteiger partial charge in [-0.15, -0.1) is 0 Å². The zero-order chi connectivity index (χ0) is 20.8. The summed E-state index contributed by atoms with van der Waals surface area (Å²) in [6.45, 7) is 7.47. The van der Waals surface area contributed by atoms with E-state index in [0.717, 1.165) is 3.57 Å². The lowest BCUT2D eigenvalue weighted by Crippen LogP contribution is -2.25. The largest absolute Gasteiger partial charge is 0.493 e. The van der Waals surface area contributed by atoms with Crippen molar-refractivity contribution in [1.29, 1.82) is 5.26 Å². The van der Waals surface area contributed by atoms with Crippen LogP contribution in [0, 0.1) is 14.9 Å². The Morgan fingerprint density at radius 3 is 2.79 bits per heavy atom. The maximum atomic E-state index is 12.6. The lowest BCUT2D eigenvalue weighted by molar-refractivity contribution is -0.139. The SMILES string of the molecule is C=CCOc1c(I)cc([C@@H]2C(C#N)=C(N)OC(C)=C2C(=O)OCC)cc1OC. The number of halogens is 1. The number of allylic oxidation sites excluding steroid dienone is 2. The van der Waals surface area contributed by atoms with Crippen LogP contribution in [-0.2, 0) is 14.3 Å². The van der Waals surface area contributed by atoms with Crippen LogP contribution < -0.4 is 15.2 Å². The molecule has 2 rings (SSSR count). The third-order valence-corrected chi connectivity index (χ3v) is 4.83. The average molecular weight is 496 g/mol. The summed E-state index contributed by atoms with van der Waals surface area (Å²) in [7, 11) is 1.52. The van der Waals surface area contributed by atoms with Gasteiger partial charge in [0, 0.05) is 0 Å². The molecule has 0 aliphatic carbocycles. The molecule has 1 aromatic carbocycles. The number of methoxy groups -OCH3 is 1. The van der Waals surface area contributed by atoms with Crippen LogP contribution in [0.5, 0.6) is 11.5 Å². The summed E-state index contributed by atoms with van der Waals surface area (Å²) >= 11 is 2.11. The van der Waals surface area contributed by atoms with Gasteiger partial charge in [0.25, 0.3) is 0 Å². The molecule has 0 aromatic heterocycles. The Morgan fingerprint density at radius 2 is 2.21 bits per heavy atom. The molecule has 2 N–H and O–H groups in total. The van der Waals surface area contributed by atoms with E-state index in [4.69, 9.17) is 24.7 Å². The van der Waals surface area contributed by atoms with E-state index in [9.17, 15) is 10.1 Å². The number of hydrogen-bond acceptors (Lipinski definition) is 7. The van der Waals surface area contributed by atoms with Gasteiger partial charge >= 0.3 is 5.97 Å². The number of hydrogen-bond donors (Lipinski definition) is 1. The van der Waals surface area contributed by atoms with Crippen molar-refractivity contribution >= 4 is 28.6 Å². The Balaban J connectivity index is 2.67. The van der Waals surface area contributed by atoms with E-state index in [1.807, 2.05) is 6.07 Å². The molecular weight excluding hydrogens is 475 g/mol. The molecule has 0 radical (unpaired) electrons. The van der Waals surface area contributed by atoms with Gasteiger partial charge in [-0.05, 0) is 54.1 Å². The topological polar surface area (TPSA) is 104 Å². The first-order valence-electron chi connectivity index (χ1n) is 8.46. The van der Waals surface area contributed by atoms with Gasteiger partial charge < -0.3 is 24.7 Å². The number of nitrogens with two attached hydrogens (primary N) is 1. The fourth-order valence-corrected chi connectivity index (χ4v) is 3.66. The molecule has 0 amide bonds. The minimum absolute atomic E-state index is 0.0426. The van der Waals surface area contributed by atoms with Gasteiger partial charge in [0.2, 0.25) is 5.88 Å². The fraction of sp³-hybridized carbons (Fsp3) is 0.300. The molecule has 7 nitrogen and oxygen atoms in total. The van der Waals surface area contributed by atoms with Gasteiger partial charge in [0.1, 0.15) is 24.0 Å². The van der Waals surface area contributed by atoms with Crippen molar-refractivity contribution in [2.45, 2.75) is 19.8 Å². The zero-order valence-electron chi connectivity index (χ0n) is 15.9. The second-order valence-electron chi connectivity index (χ2n) is 5.75. The third-order valence-electron chi connectivity index (χ3n) is 4.03. The van der Waals surface area contributed by atoms with Crippen LogP contribution >= 0.6 is 22.6 Å². The molecule has 28 heavy (non-hydrogen) atoms. The number of ether oxygens (including phenoxy) is 4. The number of nitrogens with zero attached hydrogens (tertiary/aromatic N) is 1. The van der Waals surface area contributed by atoms with Crippen molar-refractivity contribution < 1.29 is 23.7 Å². The smallest absolute Gasteiger partial charge is 0.338 e. The molecular formula is C20H21IN2O5. The van der Waals surface area contributed by atoms with E-state index in [2.05, 4.69) is 35.2 Å². The Kier molecular flexibility index (Phi) is 7.34. The summed E-state index contributed by atoms with van der Waals surface area (Å²) in [4.78, 5) is 12.6. The van der Waals surface area contributed by atoms with E-state index in [1.54, 1.807) is 26.0 Å². The van der Waals surface area contributed by atoms with Crippen molar-refractivity contribution in [1.82, 2.24) is 0 Å². The minimum atomic E-state index is -0.742. The van der Waals surface area contributed by atoms with Gasteiger partial charge in [-0.2, -0.15) is 5.26 Å². The molecule has 8 heteroatoms. The summed E-state index contributed by atoms with van der Waals surface area (Å²) in [5.41, 5.74) is 6.92. The molecule has 0 fully saturated rings. The van der Waals surface area contributed by atoms with Gasteiger partial charge in [-0.25, -0.2) is 4.79 Å². The summed E-state index contributed by atoms with van der Waals surface area (Å²) in [5.74, 6) is -0.0422. The molecule has 1 aromatic rings. The zero-order valence-corrected chi connectivity index (χ0v) is 18.0. The van der Waals surface area contributed by atoms with Crippen LogP contribution in [0.25, 0.3) is 0 Å². The van der Waals surface area contributed by atoms with E-state index in [1.165, 1.54) is 7.11 Å². The Morgan fingerprint density at radius 1 is 1.50 bits per heavy atom. The lowest BCUT2D eigenvalue weighted by Gasteiger charge is -2.27. The second-order valence-corrected chi connectivity index (χ2v) is 6.91. The standard InChI is InChI=1S/C20H21IN2O5/c1-5-7-27-18-14(21)8-12(9-15(18)25-4)17-13(10-22)19(23)28-11(3)16(17)20(24)26-6-2/h5,8-9,17H,1,6-7,23H2,2-4H3/t17-/m1/s1. The normalized spacial score (nSPS) is 16.2. The van der Waals surface area contributed by atoms with Crippen molar-refractivity contribution in [3.05, 3.63) is 56.7 Å². The predicted octanol–water partition coefficient (Wildman–Crippen LogP) is 3.51. The van der Waals surface area contributed by atoms with E-state index < -0.39 is 11.9 Å². The molecule has 1 heterocycles. The van der Waals surface area contributed by atoms with E-state index in [0.29, 0.717) is 29.4 Å². The van der Waals surface area contributed by atoms with Crippen LogP contribution in [0.3, 0.4) is 0 Å². The Bertz CT molecular complexity index is 899. The van der Waals surface area contributed by atoms with E-state index >= 15 is 0 Å². The van der Waals surface area contributed by atoms with Crippen LogP contribution in [0.4, 0.5) is 0 Å². The van der Waals surface area contributed by atoms with Gasteiger partial charge in [0.05, 0.1) is 28.8 Å². The van der Waals surface area contributed by atoms with Gasteiger partial charge in [0.15, 0.2) is 11.5 Å². The molecule has 1 atom stereocenters. The maximum Gasteiger partial charge on any atom is 0.338 e. The summed E-state index contributed by atoms with van der Waals surface area (Å²) in [6, 6.07) is 5.59. The van der Waals surface area contributed by atoms with Crippen LogP contribution in [0.2, 0.25) is 0 Å². The van der Waals surface area contributed by atoms with Gasteiger partial charge in [-0.1, -0.05) is 12.7 Å². The highest BCUT2D eigenvalue weighted by molar-refractivity contribution is 14.1. The number of esters is 1. The molecule has 1 aliphatic rings. The molecule has 0 saturated heterocycles. The van der Waals surface area contributed by atoms with Crippen molar-refractivity contribution in [3.63, 3.8) is 0 Å². The highest BCUT2D eigenvalue weighted by Crippen LogP contribution is 2.43. The maximum absolute atomic E-state index is 12.6. The molecule has 0 unspecified atom stereocenters. The number of carbonyl (C=O) groups is 1. The summed E-state index contributed by atoms with van der Waals surface area (Å²) in [5, 5.41) is 9.66. The summed E-state index contributed by atoms with van der Waals surface area (Å²) < 4.78 is 22.5. The van der Waals surface area contributed by atoms with Crippen LogP contribution in [0.1, 0.15) is 25.3 Å². The Labute approximate surface area is 177 Å². The first-order valence-corrected chi connectivity index (χ1v) is 9.53. The van der Waals surface area contributed by atoms with Crippen LogP contribution in [-0.4, -0.2) is 26.3 Å². The van der Waals surface area contributed by atoms with Crippen molar-refractivity contribution in [2.75, 3.05) is 20.3 Å². The summed E-state index contributed by atoms with van der Waals surface area (Å²) in [6.07, 6.45) is 1.63. The molecule has 0 saturated carbocycles. The van der Waals surface area contributed by atoms with Crippen molar-refractivity contribution in [2.24, 2.45) is 5.73 Å². The number of nitriles is 1. The number of benzene rings is 1. The third kappa shape index (κ3) is 4.25. The first-order chi connectivity index (χ1) is 13.4. The number of carbonyl (C=O) groups excluding carboxylic acids is 1. The molecule has 0 spiro atoms. The molecule has 0 bridgehead atoms. The van der Waals surface area contributed by atoms with Crippen LogP contribution in [0.15, 0.2) is 47.6 Å². The lowest BCUT2D eigenvalue weighted by atomic mass is 9.83. The second kappa shape index (κ2) is 9.50. The monoisotopic (exact) mass is 496 g/mol. The average Bonchev–Trinajstić information content (AvgIpc) is 2.66. The van der Waals surface area contributed by atoms with Crippen molar-refractivity contribution in [3.8, 4) is 17.6 Å². The predicted molar refractivity (Wildman–Crippen MR) is 111 cm³/mol. The first kappa shape index (κ1) is 21.6. The Hall–Kier alpha value is -2.67. The minimum Gasteiger partial charge on any atom is -0.493 e. The molecule has 148 valence electrons. The van der Waals surface area contributed by atoms with E-state index in [-0.39, 0.29) is 23.6 Å². The van der Waals surface area contributed by atoms with Gasteiger partial charge in [-0.3, -0.25) is 0 Å². The molecule has 1 aliphatic heterocycles. The number of rotatable bonds is 7. The highest BCUT2D eigenvalue weighted by atomic mass is 127. The highest BCUT2D eigenvalue weighted by Gasteiger charge is 2.37. The fourth-order valence-electron chi connectivity index (χ4n) is 2.88. The quantitative estimate of drug-likeness (QED) is 0.350.